The molecule has 0 spiro atoms. The van der Waals surface area contributed by atoms with E-state index in [1.807, 2.05) is 0 Å². The lowest BCUT2D eigenvalue weighted by atomic mass is 10.2. The van der Waals surface area contributed by atoms with Crippen LogP contribution in [0.1, 0.15) is 0 Å². The smallest absolute Gasteiger partial charge is 0.111 e. The molecule has 0 N–H and O–H groups in total. The van der Waals surface area contributed by atoms with Crippen LogP contribution in [0.2, 0.25) is 0 Å². The predicted octanol–water partition coefficient (Wildman–Crippen LogP) is 2.36. The maximum absolute atomic E-state index is 12.5. The number of rotatable bonds is 46. The Morgan fingerprint density at radius 1 is 0.273 bits per heavy atom. The second-order valence-electron chi connectivity index (χ2n) is 11.0. The molecule has 0 radical (unpaired) electrons. The maximum atomic E-state index is 12.5. The first-order valence-electron chi connectivity index (χ1n) is 17.1. The molecule has 0 heterocycles. The average molecular weight is 839 g/mol. The van der Waals surface area contributed by atoms with E-state index in [4.69, 9.17) is 37.9 Å². The molecule has 0 amide bonds. The first-order valence-corrected chi connectivity index (χ1v) is 17.1. The number of hydrogen-bond acceptors (Lipinski definition) is 18. The van der Waals surface area contributed by atoms with Crippen LogP contribution in [0.4, 0.5) is 36.2 Å². The van der Waals surface area contributed by atoms with Crippen LogP contribution in [0, 0.1) is 0 Å². The van der Waals surface area contributed by atoms with Gasteiger partial charge >= 0.3 is 0 Å². The number of halogens is 8. The highest BCUT2D eigenvalue weighted by molar-refractivity contribution is 4.77. The average Bonchev–Trinajstić information content (AvgIpc) is 3.18. The lowest BCUT2D eigenvalue weighted by Crippen LogP contribution is -2.52. The molecule has 0 fully saturated rings. The van der Waals surface area contributed by atoms with Gasteiger partial charge < -0.3 is 37.9 Å². The molecule has 0 saturated heterocycles. The zero-order valence-corrected chi connectivity index (χ0v) is 30.4. The molecule has 4 unspecified atom stereocenters. The quantitative estimate of drug-likeness (QED) is 0.0500. The number of ether oxygens (including phenoxy) is 8. The topological polar surface area (TPSA) is 154 Å². The molecule has 55 heavy (non-hydrogen) atoms. The summed E-state index contributed by atoms with van der Waals surface area (Å²) >= 11 is 0. The summed E-state index contributed by atoms with van der Waals surface area (Å²) in [7, 11) is 0. The molecule has 0 aliphatic heterocycles. The molecule has 0 aromatic carbocycles. The van der Waals surface area contributed by atoms with Gasteiger partial charge in [0.15, 0.2) is 0 Å². The molecule has 0 rings (SSSR count). The highest BCUT2D eigenvalue weighted by atomic mass is 19.3. The van der Waals surface area contributed by atoms with E-state index >= 15 is 0 Å². The van der Waals surface area contributed by atoms with Crippen molar-refractivity contribution in [3.05, 3.63) is 0 Å². The van der Waals surface area contributed by atoms with Crippen molar-refractivity contribution < 1.29 is 114 Å². The van der Waals surface area contributed by atoms with Gasteiger partial charge in [0, 0.05) is 26.2 Å². The van der Waals surface area contributed by atoms with Crippen molar-refractivity contribution in [1.82, 2.24) is 9.80 Å². The summed E-state index contributed by atoms with van der Waals surface area (Å²) in [5.41, 5.74) is 0. The standard InChI is InChI=1S/C29H54F8N2O16/c30-48-9-1-40-21-26(44-5-13-52-34)17-38(18-27(45-6-14-53-35)22-41-2-10-49-31)25-39(19-28(46-7-15-54-36)23-42-3-11-50-32)20-29(47-8-16-55-37)24-43-4-12-51-33/h26-29H,1-25H2. The van der Waals surface area contributed by atoms with E-state index in [9.17, 15) is 36.2 Å². The van der Waals surface area contributed by atoms with Crippen LogP contribution in [0.3, 0.4) is 0 Å². The van der Waals surface area contributed by atoms with E-state index in [-0.39, 0.29) is 112 Å². The Kier molecular flexibility index (Phi) is 41.3. The first-order chi connectivity index (χ1) is 27.0. The van der Waals surface area contributed by atoms with Gasteiger partial charge in [0.25, 0.3) is 0 Å². The Labute approximate surface area is 313 Å². The van der Waals surface area contributed by atoms with Crippen LogP contribution >= 0.6 is 0 Å². The van der Waals surface area contributed by atoms with E-state index in [0.29, 0.717) is 0 Å². The monoisotopic (exact) mass is 838 g/mol. The van der Waals surface area contributed by atoms with Crippen molar-refractivity contribution >= 4 is 0 Å². The van der Waals surface area contributed by atoms with E-state index in [1.54, 1.807) is 9.80 Å². The fourth-order valence-electron chi connectivity index (χ4n) is 4.63. The molecule has 0 aliphatic carbocycles. The predicted molar refractivity (Wildman–Crippen MR) is 167 cm³/mol. The van der Waals surface area contributed by atoms with Gasteiger partial charge in [-0.15, -0.1) is 0 Å². The Hall–Kier alpha value is -1.28. The van der Waals surface area contributed by atoms with Gasteiger partial charge in [-0.2, -0.15) is 39.5 Å². The van der Waals surface area contributed by atoms with E-state index < -0.39 is 77.3 Å². The van der Waals surface area contributed by atoms with Gasteiger partial charge in [0.2, 0.25) is 0 Å². The van der Waals surface area contributed by atoms with Crippen LogP contribution in [0.5, 0.6) is 0 Å². The zero-order chi connectivity index (χ0) is 40.5. The lowest BCUT2D eigenvalue weighted by molar-refractivity contribution is -0.171. The molecule has 4 atom stereocenters. The van der Waals surface area contributed by atoms with E-state index in [1.165, 1.54) is 0 Å². The molecule has 18 nitrogen and oxygen atoms in total. The Morgan fingerprint density at radius 2 is 0.473 bits per heavy atom. The SMILES string of the molecule is FOCCOCC(CN(CC(COCCOF)OCCOF)CN(CC(COCCOF)OCCOF)CC(COCCOF)OCCOF)OCCOF. The molecule has 26 heteroatoms. The van der Waals surface area contributed by atoms with Gasteiger partial charge in [-0.1, -0.05) is 0 Å². The van der Waals surface area contributed by atoms with Crippen LogP contribution < -0.4 is 0 Å². The molecule has 332 valence electrons. The maximum Gasteiger partial charge on any atom is 0.111 e. The van der Waals surface area contributed by atoms with Crippen LogP contribution in [0.25, 0.3) is 0 Å². The van der Waals surface area contributed by atoms with E-state index in [0.717, 1.165) is 0 Å². The van der Waals surface area contributed by atoms with Crippen molar-refractivity contribution in [3.63, 3.8) is 0 Å². The van der Waals surface area contributed by atoms with Gasteiger partial charge in [-0.25, -0.2) is 0 Å². The van der Waals surface area contributed by atoms with Crippen molar-refractivity contribution in [2.24, 2.45) is 0 Å². The van der Waals surface area contributed by atoms with Crippen LogP contribution in [0.15, 0.2) is 0 Å². The minimum atomic E-state index is -0.845. The zero-order valence-electron chi connectivity index (χ0n) is 30.4. The van der Waals surface area contributed by atoms with Gasteiger partial charge in [-0.3, -0.25) is 9.80 Å². The number of hydrogen-bond donors (Lipinski definition) is 0. The molecule has 0 aliphatic rings. The molecular weight excluding hydrogens is 784 g/mol. The third-order valence-corrected chi connectivity index (χ3v) is 6.74. The molecule has 0 aromatic rings. The second-order valence-corrected chi connectivity index (χ2v) is 11.0. The highest BCUT2D eigenvalue weighted by Gasteiger charge is 2.27. The molecule has 0 aromatic heterocycles. The van der Waals surface area contributed by atoms with Crippen molar-refractivity contribution in [2.45, 2.75) is 24.4 Å². The Bertz CT molecular complexity index is 667. The van der Waals surface area contributed by atoms with Crippen LogP contribution in [-0.2, 0) is 77.4 Å². The van der Waals surface area contributed by atoms with Crippen molar-refractivity contribution in [3.8, 4) is 0 Å². The van der Waals surface area contributed by atoms with Crippen molar-refractivity contribution in [2.75, 3.05) is 165 Å². The highest BCUT2D eigenvalue weighted by Crippen LogP contribution is 2.11. The first kappa shape index (κ1) is 53.7. The molecule has 0 saturated carbocycles. The fourth-order valence-corrected chi connectivity index (χ4v) is 4.63. The minimum absolute atomic E-state index is 0.0244. The second kappa shape index (κ2) is 42.3. The third kappa shape index (κ3) is 34.5. The molecule has 0 bridgehead atoms. The van der Waals surface area contributed by atoms with Crippen LogP contribution in [-0.4, -0.2) is 199 Å². The summed E-state index contributed by atoms with van der Waals surface area (Å²) in [6, 6.07) is 0. The summed E-state index contributed by atoms with van der Waals surface area (Å²) < 4.78 is 144. The summed E-state index contributed by atoms with van der Waals surface area (Å²) in [6.07, 6.45) is -3.38. The largest absolute Gasteiger partial charge is 0.376 e. The lowest BCUT2D eigenvalue weighted by Gasteiger charge is -2.37. The van der Waals surface area contributed by atoms with Crippen molar-refractivity contribution in [1.29, 1.82) is 0 Å². The molecular formula is C29H54F8N2O16. The summed E-state index contributed by atoms with van der Waals surface area (Å²) in [5, 5.41) is 0. The minimum Gasteiger partial charge on any atom is -0.376 e. The fraction of sp³-hybridized carbons (Fsp3) is 1.00. The normalized spacial score (nSPS) is 14.3. The summed E-state index contributed by atoms with van der Waals surface area (Å²) in [6.45, 7) is -5.78. The summed E-state index contributed by atoms with van der Waals surface area (Å²) in [5.74, 6) is 0. The Balaban J connectivity index is 6.68. The van der Waals surface area contributed by atoms with Gasteiger partial charge in [0.1, 0.15) is 52.9 Å². The Morgan fingerprint density at radius 3 is 0.673 bits per heavy atom. The van der Waals surface area contributed by atoms with Gasteiger partial charge in [0.05, 0.1) is 110 Å². The van der Waals surface area contributed by atoms with E-state index in [2.05, 4.69) is 39.5 Å². The summed E-state index contributed by atoms with van der Waals surface area (Å²) in [4.78, 5) is 32.0. The van der Waals surface area contributed by atoms with Gasteiger partial charge in [-0.05, 0) is 36.2 Å². The number of nitrogens with zero attached hydrogens (tertiary/aromatic N) is 2. The third-order valence-electron chi connectivity index (χ3n) is 6.74.